The SMILES string of the molecule is N/C=C(\C=C(/N)c1cc(Cl)ccc1F)Nc1ccnc2cc(OCCN3CCN(CCN)CC3)ccc12. The largest absolute Gasteiger partial charge is 0.492 e. The van der Waals surface area contributed by atoms with Crippen LogP contribution in [0.5, 0.6) is 5.75 Å². The Morgan fingerprint density at radius 2 is 1.84 bits per heavy atom. The topological polar surface area (TPSA) is 119 Å². The number of rotatable bonds is 10. The van der Waals surface area contributed by atoms with Crippen LogP contribution in [0.1, 0.15) is 5.56 Å². The molecule has 1 aliphatic heterocycles. The van der Waals surface area contributed by atoms with Crippen molar-refractivity contribution in [3.63, 3.8) is 0 Å². The van der Waals surface area contributed by atoms with E-state index in [1.54, 1.807) is 12.3 Å². The summed E-state index contributed by atoms with van der Waals surface area (Å²) in [6.45, 7) is 7.27. The molecule has 0 spiro atoms. The van der Waals surface area contributed by atoms with Gasteiger partial charge in [0.15, 0.2) is 0 Å². The lowest BCUT2D eigenvalue weighted by Gasteiger charge is -2.34. The average molecular weight is 526 g/mol. The average Bonchev–Trinajstić information content (AvgIpc) is 2.90. The van der Waals surface area contributed by atoms with Gasteiger partial charge in [-0.05, 0) is 42.5 Å². The molecule has 0 saturated carbocycles. The zero-order valence-electron chi connectivity index (χ0n) is 20.7. The van der Waals surface area contributed by atoms with Gasteiger partial charge < -0.3 is 27.3 Å². The monoisotopic (exact) mass is 525 g/mol. The van der Waals surface area contributed by atoms with E-state index in [4.69, 9.17) is 33.5 Å². The minimum absolute atomic E-state index is 0.194. The molecule has 196 valence electrons. The van der Waals surface area contributed by atoms with E-state index in [-0.39, 0.29) is 11.3 Å². The van der Waals surface area contributed by atoms with Crippen molar-refractivity contribution in [2.24, 2.45) is 17.2 Å². The fourth-order valence-corrected chi connectivity index (χ4v) is 4.46. The minimum atomic E-state index is -0.467. The van der Waals surface area contributed by atoms with Gasteiger partial charge in [0.1, 0.15) is 18.2 Å². The van der Waals surface area contributed by atoms with Gasteiger partial charge in [0.05, 0.1) is 11.2 Å². The predicted molar refractivity (Wildman–Crippen MR) is 149 cm³/mol. The number of fused-ring (bicyclic) bond motifs is 1. The molecule has 0 amide bonds. The van der Waals surface area contributed by atoms with E-state index in [9.17, 15) is 4.39 Å². The fourth-order valence-electron chi connectivity index (χ4n) is 4.28. The molecule has 1 saturated heterocycles. The number of halogens is 2. The molecule has 10 heteroatoms. The number of nitrogens with zero attached hydrogens (tertiary/aromatic N) is 3. The molecule has 1 aromatic heterocycles. The molecule has 2 aromatic carbocycles. The van der Waals surface area contributed by atoms with E-state index in [1.807, 2.05) is 24.3 Å². The summed E-state index contributed by atoms with van der Waals surface area (Å²) in [5, 5.41) is 4.52. The van der Waals surface area contributed by atoms with Crippen LogP contribution in [0.3, 0.4) is 0 Å². The summed E-state index contributed by atoms with van der Waals surface area (Å²) in [6, 6.07) is 11.8. The lowest BCUT2D eigenvalue weighted by Crippen LogP contribution is -2.48. The van der Waals surface area contributed by atoms with Crippen LogP contribution in [0.15, 0.2) is 66.6 Å². The van der Waals surface area contributed by atoms with Crippen LogP contribution < -0.4 is 27.3 Å². The second-order valence-corrected chi connectivity index (χ2v) is 9.27. The van der Waals surface area contributed by atoms with Gasteiger partial charge in [-0.2, -0.15) is 0 Å². The fraction of sp³-hybridized carbons (Fsp3) is 0.296. The second-order valence-electron chi connectivity index (χ2n) is 8.83. The molecule has 0 aliphatic carbocycles. The lowest BCUT2D eigenvalue weighted by molar-refractivity contribution is 0.119. The number of nitrogens with one attached hydrogen (secondary N) is 1. The number of hydrogen-bond donors (Lipinski definition) is 4. The highest BCUT2D eigenvalue weighted by molar-refractivity contribution is 6.30. The number of allylic oxidation sites excluding steroid dienone is 1. The Morgan fingerprint density at radius 1 is 1.08 bits per heavy atom. The first kappa shape index (κ1) is 26.7. The number of ether oxygens (including phenoxy) is 1. The van der Waals surface area contributed by atoms with Crippen molar-refractivity contribution in [3.05, 3.63) is 83.0 Å². The molecule has 1 fully saturated rings. The van der Waals surface area contributed by atoms with Crippen LogP contribution in [-0.2, 0) is 0 Å². The summed E-state index contributed by atoms with van der Waals surface area (Å²) in [5.41, 5.74) is 20.1. The molecule has 2 heterocycles. The smallest absolute Gasteiger partial charge is 0.132 e. The predicted octanol–water partition coefficient (Wildman–Crippen LogP) is 3.19. The van der Waals surface area contributed by atoms with E-state index in [0.717, 1.165) is 61.6 Å². The first-order valence-electron chi connectivity index (χ1n) is 12.2. The van der Waals surface area contributed by atoms with Gasteiger partial charge in [0.2, 0.25) is 0 Å². The van der Waals surface area contributed by atoms with Crippen molar-refractivity contribution in [3.8, 4) is 5.75 Å². The van der Waals surface area contributed by atoms with Crippen molar-refractivity contribution >= 4 is 33.9 Å². The van der Waals surface area contributed by atoms with Crippen molar-refractivity contribution in [2.45, 2.75) is 0 Å². The molecular weight excluding hydrogens is 493 g/mol. The van der Waals surface area contributed by atoms with Crippen molar-refractivity contribution in [1.82, 2.24) is 14.8 Å². The highest BCUT2D eigenvalue weighted by Crippen LogP contribution is 2.27. The Morgan fingerprint density at radius 3 is 2.57 bits per heavy atom. The van der Waals surface area contributed by atoms with E-state index in [0.29, 0.717) is 23.9 Å². The highest BCUT2D eigenvalue weighted by atomic mass is 35.5. The van der Waals surface area contributed by atoms with Crippen LogP contribution >= 0.6 is 11.6 Å². The van der Waals surface area contributed by atoms with E-state index >= 15 is 0 Å². The number of hydrogen-bond acceptors (Lipinski definition) is 8. The van der Waals surface area contributed by atoms with Crippen molar-refractivity contribution in [1.29, 1.82) is 0 Å². The number of nitrogens with two attached hydrogens (primary N) is 3. The Balaban J connectivity index is 1.39. The third-order valence-electron chi connectivity index (χ3n) is 6.31. The van der Waals surface area contributed by atoms with Crippen LogP contribution in [0.4, 0.5) is 10.1 Å². The molecular formula is C27H33ClFN7O. The molecule has 3 aromatic rings. The Bertz CT molecular complexity index is 1270. The first-order valence-corrected chi connectivity index (χ1v) is 12.6. The first-order chi connectivity index (χ1) is 18.0. The maximum Gasteiger partial charge on any atom is 0.132 e. The highest BCUT2D eigenvalue weighted by Gasteiger charge is 2.16. The Kier molecular flexibility index (Phi) is 9.19. The number of aromatic nitrogens is 1. The summed E-state index contributed by atoms with van der Waals surface area (Å²) in [6.07, 6.45) is 4.64. The summed E-state index contributed by atoms with van der Waals surface area (Å²) >= 11 is 6.00. The van der Waals surface area contributed by atoms with Crippen molar-refractivity contribution in [2.75, 3.05) is 57.7 Å². The van der Waals surface area contributed by atoms with Gasteiger partial charge in [-0.1, -0.05) is 11.6 Å². The van der Waals surface area contributed by atoms with Gasteiger partial charge in [0, 0.05) is 91.6 Å². The normalized spacial score (nSPS) is 15.8. The van der Waals surface area contributed by atoms with Gasteiger partial charge >= 0.3 is 0 Å². The van der Waals surface area contributed by atoms with E-state index < -0.39 is 5.82 Å². The van der Waals surface area contributed by atoms with Gasteiger partial charge in [0.25, 0.3) is 0 Å². The zero-order valence-corrected chi connectivity index (χ0v) is 21.4. The molecule has 0 atom stereocenters. The van der Waals surface area contributed by atoms with E-state index in [2.05, 4.69) is 20.1 Å². The van der Waals surface area contributed by atoms with Gasteiger partial charge in [-0.3, -0.25) is 14.8 Å². The Labute approximate surface area is 221 Å². The van der Waals surface area contributed by atoms with Crippen LogP contribution in [0.25, 0.3) is 16.6 Å². The third kappa shape index (κ3) is 7.11. The Hall–Kier alpha value is -3.37. The number of pyridine rings is 1. The van der Waals surface area contributed by atoms with E-state index in [1.165, 1.54) is 24.4 Å². The molecule has 0 bridgehead atoms. The van der Waals surface area contributed by atoms with Crippen LogP contribution in [0, 0.1) is 5.82 Å². The maximum absolute atomic E-state index is 14.2. The molecule has 4 rings (SSSR count). The van der Waals surface area contributed by atoms with Gasteiger partial charge in [-0.15, -0.1) is 0 Å². The minimum Gasteiger partial charge on any atom is -0.492 e. The van der Waals surface area contributed by atoms with Crippen LogP contribution in [-0.4, -0.2) is 67.2 Å². The molecule has 7 N–H and O–H groups in total. The van der Waals surface area contributed by atoms with Crippen molar-refractivity contribution < 1.29 is 9.13 Å². The summed E-state index contributed by atoms with van der Waals surface area (Å²) in [7, 11) is 0. The number of anilines is 1. The summed E-state index contributed by atoms with van der Waals surface area (Å²) < 4.78 is 20.2. The zero-order chi connectivity index (χ0) is 26.2. The molecule has 0 radical (unpaired) electrons. The van der Waals surface area contributed by atoms with Crippen LogP contribution in [0.2, 0.25) is 5.02 Å². The lowest BCUT2D eigenvalue weighted by atomic mass is 10.1. The summed E-state index contributed by atoms with van der Waals surface area (Å²) in [5.74, 6) is 0.291. The number of benzene rings is 2. The van der Waals surface area contributed by atoms with Gasteiger partial charge in [-0.25, -0.2) is 4.39 Å². The maximum atomic E-state index is 14.2. The molecule has 1 aliphatic rings. The summed E-state index contributed by atoms with van der Waals surface area (Å²) in [4.78, 5) is 9.29. The molecule has 37 heavy (non-hydrogen) atoms. The number of piperazine rings is 1. The molecule has 0 unspecified atom stereocenters. The quantitative estimate of drug-likeness (QED) is 0.298. The molecule has 8 nitrogen and oxygen atoms in total. The second kappa shape index (κ2) is 12.7. The third-order valence-corrected chi connectivity index (χ3v) is 6.54. The standard InChI is InChI=1S/C27H33ClFN7O/c28-19-1-4-24(29)23(15-19)25(32)16-20(18-31)34-26-5-7-33-27-17-21(2-3-22(26)27)37-14-13-36-11-9-35(8-6-30)10-12-36/h1-5,7,15-18H,6,8-14,30-32H2,(H,33,34)/b20-18+,25-16-.